The normalized spacial score (nSPS) is 18.0. The van der Waals surface area contributed by atoms with E-state index in [0.29, 0.717) is 11.7 Å². The molecule has 2 heterocycles. The third-order valence-corrected chi connectivity index (χ3v) is 5.15. The molecule has 1 fully saturated rings. The number of aromatic nitrogens is 2. The van der Waals surface area contributed by atoms with Crippen molar-refractivity contribution in [2.24, 2.45) is 0 Å². The number of imide groups is 1. The maximum absolute atomic E-state index is 12.0. The molecule has 0 radical (unpaired) electrons. The van der Waals surface area contributed by atoms with E-state index < -0.39 is 12.1 Å². The molecule has 4 amide bonds. The molecule has 9 nitrogen and oxygen atoms in total. The van der Waals surface area contributed by atoms with Crippen LogP contribution >= 0.6 is 23.1 Å². The average molecular weight is 359 g/mol. The number of nitrogens with one attached hydrogen (secondary N) is 1. The van der Waals surface area contributed by atoms with Gasteiger partial charge in [0.15, 0.2) is 4.34 Å². The fourth-order valence-electron chi connectivity index (χ4n) is 1.95. The molecule has 1 N–H and O–H groups in total. The Balaban J connectivity index is 1.88. The molecule has 1 unspecified atom stereocenters. The van der Waals surface area contributed by atoms with Crippen molar-refractivity contribution in [3.8, 4) is 0 Å². The zero-order valence-corrected chi connectivity index (χ0v) is 14.6. The van der Waals surface area contributed by atoms with Gasteiger partial charge in [-0.05, 0) is 0 Å². The van der Waals surface area contributed by atoms with E-state index in [4.69, 9.17) is 4.74 Å². The Morgan fingerprint density at radius 2 is 2.13 bits per heavy atom. The number of urea groups is 1. The van der Waals surface area contributed by atoms with Crippen LogP contribution in [0.2, 0.25) is 0 Å². The van der Waals surface area contributed by atoms with Gasteiger partial charge in [-0.3, -0.25) is 14.5 Å². The van der Waals surface area contributed by atoms with E-state index in [1.807, 2.05) is 0 Å². The number of likely N-dealkylation sites (N-methyl/N-ethyl adjacent to an activating group) is 2. The van der Waals surface area contributed by atoms with Crippen LogP contribution in [0.15, 0.2) is 4.34 Å². The van der Waals surface area contributed by atoms with Crippen LogP contribution in [0, 0.1) is 0 Å². The zero-order chi connectivity index (χ0) is 17.0. The first-order valence-electron chi connectivity index (χ1n) is 6.73. The molecule has 0 saturated carbocycles. The number of carbonyl (C=O) groups is 3. The number of nitrogens with zero attached hydrogens (tertiary/aromatic N) is 4. The first-order chi connectivity index (χ1) is 10.9. The number of thioether (sulfide) groups is 1. The summed E-state index contributed by atoms with van der Waals surface area (Å²) in [5, 5.41) is 10.8. The molecule has 2 rings (SSSR count). The van der Waals surface area contributed by atoms with Gasteiger partial charge in [-0.15, -0.1) is 10.2 Å². The minimum atomic E-state index is -0.782. The minimum Gasteiger partial charge on any atom is -0.384 e. The molecule has 11 heteroatoms. The summed E-state index contributed by atoms with van der Waals surface area (Å²) in [6.07, 6.45) is -0.114. The van der Waals surface area contributed by atoms with Gasteiger partial charge in [-0.1, -0.05) is 23.1 Å². The number of rotatable bonds is 7. The van der Waals surface area contributed by atoms with Crippen molar-refractivity contribution >= 4 is 46.1 Å². The van der Waals surface area contributed by atoms with Gasteiger partial charge in [0.2, 0.25) is 11.0 Å². The van der Waals surface area contributed by atoms with Crippen LogP contribution in [0.5, 0.6) is 0 Å². The first-order valence-corrected chi connectivity index (χ1v) is 8.53. The van der Waals surface area contributed by atoms with E-state index >= 15 is 0 Å². The summed E-state index contributed by atoms with van der Waals surface area (Å²) in [7, 11) is 4.51. The van der Waals surface area contributed by atoms with E-state index in [1.54, 1.807) is 7.11 Å². The number of methoxy groups -OCH3 is 1. The van der Waals surface area contributed by atoms with E-state index in [1.165, 1.54) is 42.1 Å². The van der Waals surface area contributed by atoms with Crippen molar-refractivity contribution in [3.05, 3.63) is 0 Å². The van der Waals surface area contributed by atoms with Gasteiger partial charge in [0.25, 0.3) is 5.91 Å². The highest BCUT2D eigenvalue weighted by molar-refractivity contribution is 8.01. The molecule has 1 aliphatic rings. The highest BCUT2D eigenvalue weighted by Crippen LogP contribution is 2.25. The average Bonchev–Trinajstić information content (AvgIpc) is 3.03. The second kappa shape index (κ2) is 7.70. The topological polar surface area (TPSA) is 105 Å². The third kappa shape index (κ3) is 4.18. The van der Waals surface area contributed by atoms with Crippen molar-refractivity contribution in [1.82, 2.24) is 20.0 Å². The van der Waals surface area contributed by atoms with Crippen molar-refractivity contribution in [3.63, 3.8) is 0 Å². The number of carbonyl (C=O) groups excluding carboxylic acids is 3. The zero-order valence-electron chi connectivity index (χ0n) is 12.9. The van der Waals surface area contributed by atoms with Crippen LogP contribution in [-0.2, 0) is 14.3 Å². The molecule has 0 bridgehead atoms. The lowest BCUT2D eigenvalue weighted by molar-refractivity contribution is -0.129. The number of amides is 4. The third-order valence-electron chi connectivity index (χ3n) is 3.22. The molecule has 1 aliphatic heterocycles. The van der Waals surface area contributed by atoms with Crippen molar-refractivity contribution in [1.29, 1.82) is 0 Å². The summed E-state index contributed by atoms with van der Waals surface area (Å²) >= 11 is 2.73. The molecule has 126 valence electrons. The first kappa shape index (κ1) is 17.6. The van der Waals surface area contributed by atoms with Gasteiger partial charge in [0.1, 0.15) is 6.04 Å². The number of hydrogen-bond acceptors (Lipinski definition) is 8. The molecule has 1 saturated heterocycles. The van der Waals surface area contributed by atoms with Gasteiger partial charge >= 0.3 is 6.03 Å². The van der Waals surface area contributed by atoms with E-state index in [0.717, 1.165) is 15.0 Å². The van der Waals surface area contributed by atoms with Gasteiger partial charge in [0.05, 0.1) is 13.0 Å². The number of ether oxygens (including phenoxy) is 1. The molecule has 1 aromatic heterocycles. The Morgan fingerprint density at radius 1 is 1.39 bits per heavy atom. The molecule has 1 aromatic rings. The summed E-state index contributed by atoms with van der Waals surface area (Å²) < 4.78 is 5.67. The lowest BCUT2D eigenvalue weighted by Crippen LogP contribution is -2.35. The predicted octanol–water partition coefficient (Wildman–Crippen LogP) is 0.498. The van der Waals surface area contributed by atoms with Gasteiger partial charge in [-0.25, -0.2) is 4.79 Å². The maximum Gasteiger partial charge on any atom is 0.326 e. The van der Waals surface area contributed by atoms with Crippen LogP contribution in [0.3, 0.4) is 0 Å². The second-order valence-electron chi connectivity index (χ2n) is 4.77. The summed E-state index contributed by atoms with van der Waals surface area (Å²) in [5.74, 6) is -0.0295. The Bertz CT molecular complexity index is 608. The molecule has 0 spiro atoms. The highest BCUT2D eigenvalue weighted by Gasteiger charge is 2.41. The quantitative estimate of drug-likeness (QED) is 0.327. The Hall–Kier alpha value is -1.72. The standard InChI is InChI=1S/C12H17N5O4S2/c1-16-7(9(19)17(2)12(16)20)6-8(18)13-10-14-15-11(23-10)22-5-4-21-3/h7H,4-6H2,1-3H3,(H,13,14,18). The Labute approximate surface area is 141 Å². The molecule has 0 aliphatic carbocycles. The summed E-state index contributed by atoms with van der Waals surface area (Å²) in [6, 6.07) is -1.20. The van der Waals surface area contributed by atoms with Crippen LogP contribution in [0.25, 0.3) is 0 Å². The van der Waals surface area contributed by atoms with E-state index in [-0.39, 0.29) is 18.2 Å². The molecule has 0 aromatic carbocycles. The Morgan fingerprint density at radius 3 is 2.74 bits per heavy atom. The van der Waals surface area contributed by atoms with Crippen LogP contribution in [0.4, 0.5) is 9.93 Å². The second-order valence-corrected chi connectivity index (χ2v) is 7.09. The van der Waals surface area contributed by atoms with Crippen molar-refractivity contribution < 1.29 is 19.1 Å². The van der Waals surface area contributed by atoms with Gasteiger partial charge in [-0.2, -0.15) is 0 Å². The molecule has 23 heavy (non-hydrogen) atoms. The lowest BCUT2D eigenvalue weighted by Gasteiger charge is -2.14. The fraction of sp³-hybridized carbons (Fsp3) is 0.583. The molecular formula is C12H17N5O4S2. The van der Waals surface area contributed by atoms with Crippen LogP contribution in [0.1, 0.15) is 6.42 Å². The van der Waals surface area contributed by atoms with E-state index in [9.17, 15) is 14.4 Å². The number of hydrogen-bond donors (Lipinski definition) is 1. The monoisotopic (exact) mass is 359 g/mol. The largest absolute Gasteiger partial charge is 0.384 e. The summed E-state index contributed by atoms with van der Waals surface area (Å²) in [5.41, 5.74) is 0. The summed E-state index contributed by atoms with van der Waals surface area (Å²) in [6.45, 7) is 0.601. The molecule has 1 atom stereocenters. The summed E-state index contributed by atoms with van der Waals surface area (Å²) in [4.78, 5) is 37.9. The predicted molar refractivity (Wildman–Crippen MR) is 85.5 cm³/mol. The van der Waals surface area contributed by atoms with Crippen LogP contribution in [-0.4, -0.2) is 77.4 Å². The van der Waals surface area contributed by atoms with Crippen molar-refractivity contribution in [2.75, 3.05) is 38.9 Å². The SMILES string of the molecule is COCCSc1nnc(NC(=O)CC2C(=O)N(C)C(=O)N2C)s1. The van der Waals surface area contributed by atoms with E-state index in [2.05, 4.69) is 15.5 Å². The maximum atomic E-state index is 12.0. The number of anilines is 1. The van der Waals surface area contributed by atoms with Crippen molar-refractivity contribution in [2.45, 2.75) is 16.8 Å². The highest BCUT2D eigenvalue weighted by atomic mass is 32.2. The van der Waals surface area contributed by atoms with Crippen LogP contribution < -0.4 is 5.32 Å². The van der Waals surface area contributed by atoms with Gasteiger partial charge in [0, 0.05) is 27.0 Å². The Kier molecular flexibility index (Phi) is 5.91. The minimum absolute atomic E-state index is 0.114. The molecular weight excluding hydrogens is 342 g/mol. The smallest absolute Gasteiger partial charge is 0.326 e. The lowest BCUT2D eigenvalue weighted by atomic mass is 10.2. The fourth-order valence-corrected chi connectivity index (χ4v) is 3.69. The van der Waals surface area contributed by atoms with Gasteiger partial charge < -0.3 is 15.0 Å².